The van der Waals surface area contributed by atoms with Crippen molar-refractivity contribution in [1.29, 1.82) is 0 Å². The van der Waals surface area contributed by atoms with Gasteiger partial charge in [-0.2, -0.15) is 0 Å². The summed E-state index contributed by atoms with van der Waals surface area (Å²) in [5, 5.41) is 3.08. The van der Waals surface area contributed by atoms with Crippen LogP contribution in [0.2, 0.25) is 0 Å². The Morgan fingerprint density at radius 1 is 1.78 bits per heavy atom. The third-order valence-electron chi connectivity index (χ3n) is 1.48. The van der Waals surface area contributed by atoms with Crippen molar-refractivity contribution in [2.75, 3.05) is 6.54 Å². The van der Waals surface area contributed by atoms with Crippen LogP contribution in [0.3, 0.4) is 0 Å². The first-order valence-corrected chi connectivity index (χ1v) is 3.63. The van der Waals surface area contributed by atoms with E-state index in [1.165, 1.54) is 0 Å². The van der Waals surface area contributed by atoms with E-state index in [2.05, 4.69) is 26.1 Å². The summed E-state index contributed by atoms with van der Waals surface area (Å²) in [6.45, 7) is 0.970. The summed E-state index contributed by atoms with van der Waals surface area (Å²) < 4.78 is 2.48. The predicted octanol–water partition coefficient (Wildman–Crippen LogP) is -0.684. The van der Waals surface area contributed by atoms with Gasteiger partial charge in [-0.15, -0.1) is 0 Å². The van der Waals surface area contributed by atoms with Crippen LogP contribution >= 0.6 is 0 Å². The number of amides is 1. The minimum atomic E-state index is 0.0475. The van der Waals surface area contributed by atoms with E-state index in [9.17, 15) is 4.79 Å². The van der Waals surface area contributed by atoms with Gasteiger partial charge in [0.1, 0.15) is 0 Å². The molecule has 0 aromatic carbocycles. The summed E-state index contributed by atoms with van der Waals surface area (Å²) >= 11 is 2.48. The van der Waals surface area contributed by atoms with E-state index >= 15 is 0 Å². The molecule has 0 aromatic rings. The van der Waals surface area contributed by atoms with E-state index in [-0.39, 0.29) is 11.9 Å². The van der Waals surface area contributed by atoms with Crippen molar-refractivity contribution in [3.63, 3.8) is 0 Å². The average molecular weight is 165 g/mol. The first-order chi connectivity index (χ1) is 4.34. The molecule has 0 radical (unpaired) electrons. The molecule has 0 spiro atoms. The van der Waals surface area contributed by atoms with E-state index < -0.39 is 0 Å². The zero-order valence-corrected chi connectivity index (χ0v) is 6.29. The van der Waals surface area contributed by atoms with Gasteiger partial charge in [0.25, 0.3) is 0 Å². The molecule has 1 unspecified atom stereocenters. The first kappa shape index (κ1) is 7.07. The fraction of sp³-hybridized carbons (Fsp3) is 0.800. The van der Waals surface area contributed by atoms with Crippen LogP contribution in [-0.2, 0) is 21.3 Å². The van der Waals surface area contributed by atoms with Gasteiger partial charge >= 0.3 is 62.3 Å². The van der Waals surface area contributed by atoms with Crippen molar-refractivity contribution < 1.29 is 21.3 Å². The number of nitrogens with one attached hydrogen (secondary N) is 2. The summed E-state index contributed by atoms with van der Waals surface area (Å²) in [7, 11) is 0. The van der Waals surface area contributed by atoms with Crippen LogP contribution in [0.25, 0.3) is 0 Å². The maximum absolute atomic E-state index is 10.8. The molecule has 4 heteroatoms. The molecule has 0 aromatic heterocycles. The van der Waals surface area contributed by atoms with E-state index in [4.69, 9.17) is 0 Å². The van der Waals surface area contributed by atoms with Crippen LogP contribution in [0.4, 0.5) is 0 Å². The Kier molecular flexibility index (Phi) is 2.52. The van der Waals surface area contributed by atoms with Gasteiger partial charge in [-0.3, -0.25) is 0 Å². The fourth-order valence-corrected chi connectivity index (χ4v) is 1.20. The number of rotatable bonds is 1. The Balaban J connectivity index is 2.32. The monoisotopic (exact) mass is 165 g/mol. The van der Waals surface area contributed by atoms with Gasteiger partial charge in [0.05, 0.1) is 0 Å². The summed E-state index contributed by atoms with van der Waals surface area (Å²) in [5.74, 6) is 0.0625. The Labute approximate surface area is 62.8 Å². The molecule has 1 fully saturated rings. The Morgan fingerprint density at radius 3 is 3.00 bits per heavy atom. The zero-order chi connectivity index (χ0) is 6.69. The number of hydrogen-bond donors (Lipinski definition) is 2. The van der Waals surface area contributed by atoms with E-state index in [1.54, 1.807) is 0 Å². The summed E-state index contributed by atoms with van der Waals surface area (Å²) in [6, 6.07) is 0.0475. The van der Waals surface area contributed by atoms with Gasteiger partial charge in [-0.1, -0.05) is 0 Å². The Bertz CT molecular complexity index is 112. The molecule has 3 nitrogen and oxygen atoms in total. The van der Waals surface area contributed by atoms with Crippen LogP contribution in [0.5, 0.6) is 0 Å². The number of carbonyl (C=O) groups is 1. The molecule has 1 rings (SSSR count). The van der Waals surface area contributed by atoms with Gasteiger partial charge in [0, 0.05) is 0 Å². The third kappa shape index (κ3) is 1.68. The maximum atomic E-state index is 10.8. The van der Waals surface area contributed by atoms with Crippen molar-refractivity contribution in [2.45, 2.75) is 18.9 Å². The predicted molar refractivity (Wildman–Crippen MR) is 29.2 cm³/mol. The third-order valence-corrected chi connectivity index (χ3v) is 1.79. The molecule has 1 saturated heterocycles. The molecular formula is C5H9CrN2O. The molecule has 0 aliphatic carbocycles. The van der Waals surface area contributed by atoms with E-state index in [0.717, 1.165) is 19.4 Å². The standard InChI is InChI=1S/C5H10N2O.Cr/c6-5(8)4-2-1-3-7-4;/h4,7H,1-3H2,(H2,6,8);/q;+1/p-1. The molecule has 2 N–H and O–H groups in total. The molecule has 0 bridgehead atoms. The topological polar surface area (TPSA) is 41.1 Å². The Morgan fingerprint density at radius 2 is 2.56 bits per heavy atom. The summed E-state index contributed by atoms with van der Waals surface area (Å²) in [5.41, 5.74) is 0. The van der Waals surface area contributed by atoms with Crippen LogP contribution < -0.4 is 9.62 Å². The molecule has 1 atom stereocenters. The molecule has 1 heterocycles. The second kappa shape index (κ2) is 3.21. The fourth-order valence-electron chi connectivity index (χ4n) is 0.979. The number of carbonyl (C=O) groups excluding carboxylic acids is 1. The van der Waals surface area contributed by atoms with E-state index in [1.807, 2.05) is 0 Å². The van der Waals surface area contributed by atoms with Crippen molar-refractivity contribution in [3.8, 4) is 0 Å². The van der Waals surface area contributed by atoms with Crippen molar-refractivity contribution in [3.05, 3.63) is 0 Å². The van der Waals surface area contributed by atoms with E-state index in [0.29, 0.717) is 0 Å². The second-order valence-corrected chi connectivity index (χ2v) is 2.43. The zero-order valence-electron chi connectivity index (χ0n) is 5.02. The van der Waals surface area contributed by atoms with Crippen molar-refractivity contribution in [2.24, 2.45) is 0 Å². The first-order valence-electron chi connectivity index (χ1n) is 3.00. The average Bonchev–Trinajstić information content (AvgIpc) is 2.37. The van der Waals surface area contributed by atoms with Gasteiger partial charge in [-0.25, -0.2) is 0 Å². The molecule has 1 amide bonds. The molecular weight excluding hydrogens is 156 g/mol. The summed E-state index contributed by atoms with van der Waals surface area (Å²) in [4.78, 5) is 10.8. The summed E-state index contributed by atoms with van der Waals surface area (Å²) in [6.07, 6.45) is 2.08. The minimum absolute atomic E-state index is 0.0475. The normalized spacial score (nSPS) is 26.0. The molecule has 1 aliphatic rings. The van der Waals surface area contributed by atoms with Gasteiger partial charge < -0.3 is 0 Å². The number of hydrogen-bond acceptors (Lipinski definition) is 2. The Hall–Kier alpha value is -0.0375. The molecule has 51 valence electrons. The molecule has 1 aliphatic heterocycles. The van der Waals surface area contributed by atoms with Gasteiger partial charge in [0.2, 0.25) is 0 Å². The van der Waals surface area contributed by atoms with Gasteiger partial charge in [-0.05, 0) is 0 Å². The van der Waals surface area contributed by atoms with Crippen LogP contribution in [-0.4, -0.2) is 18.5 Å². The van der Waals surface area contributed by atoms with Crippen LogP contribution in [0, 0.1) is 0 Å². The molecule has 9 heavy (non-hydrogen) atoms. The quantitative estimate of drug-likeness (QED) is 0.540. The second-order valence-electron chi connectivity index (χ2n) is 2.12. The van der Waals surface area contributed by atoms with Crippen LogP contribution in [0.15, 0.2) is 0 Å². The van der Waals surface area contributed by atoms with Gasteiger partial charge in [0.15, 0.2) is 0 Å². The van der Waals surface area contributed by atoms with Crippen molar-refractivity contribution in [1.82, 2.24) is 9.62 Å². The SMILES string of the molecule is O=C([NH][Cr])C1CCCN1. The van der Waals surface area contributed by atoms with Crippen molar-refractivity contribution >= 4 is 5.91 Å². The van der Waals surface area contributed by atoms with Crippen LogP contribution in [0.1, 0.15) is 12.8 Å². The molecule has 0 saturated carbocycles.